The predicted molar refractivity (Wildman–Crippen MR) is 66.3 cm³/mol. The Labute approximate surface area is 110 Å². The molecule has 1 unspecified atom stereocenters. The Kier molecular flexibility index (Phi) is 4.81. The molecule has 0 saturated carbocycles. The Morgan fingerprint density at radius 2 is 1.83 bits per heavy atom. The van der Waals surface area contributed by atoms with Gasteiger partial charge < -0.3 is 19.3 Å². The lowest BCUT2D eigenvalue weighted by Gasteiger charge is -2.18. The van der Waals surface area contributed by atoms with Crippen molar-refractivity contribution in [3.8, 4) is 11.5 Å². The van der Waals surface area contributed by atoms with Gasteiger partial charge in [0.25, 0.3) is 0 Å². The number of ether oxygens (including phenoxy) is 3. The van der Waals surface area contributed by atoms with E-state index >= 15 is 0 Å². The van der Waals surface area contributed by atoms with Gasteiger partial charge >= 0.3 is 5.97 Å². The monoisotopic (exact) mass is 274 g/mol. The second-order valence-corrected chi connectivity index (χ2v) is 3.97. The molecule has 5 nitrogen and oxygen atoms in total. The summed E-state index contributed by atoms with van der Waals surface area (Å²) < 4.78 is 14.8. The minimum absolute atomic E-state index is 0.248. The van der Waals surface area contributed by atoms with E-state index in [1.165, 1.54) is 27.4 Å². The maximum Gasteiger partial charge on any atom is 0.339 e. The molecule has 1 N–H and O–H groups in total. The van der Waals surface area contributed by atoms with Crippen LogP contribution in [0.5, 0.6) is 11.5 Å². The fourth-order valence-electron chi connectivity index (χ4n) is 1.68. The topological polar surface area (TPSA) is 65.0 Å². The third kappa shape index (κ3) is 2.52. The number of aliphatic hydroxyl groups is 1. The summed E-state index contributed by atoms with van der Waals surface area (Å²) in [5.74, 6) is -0.0261. The molecular weight excluding hydrogens is 260 g/mol. The van der Waals surface area contributed by atoms with Crippen molar-refractivity contribution in [3.63, 3.8) is 0 Å². The van der Waals surface area contributed by atoms with E-state index in [2.05, 4.69) is 4.74 Å². The summed E-state index contributed by atoms with van der Waals surface area (Å²) in [7, 11) is 4.11. The summed E-state index contributed by atoms with van der Waals surface area (Å²) in [6.45, 7) is 1.69. The Hall–Kier alpha value is -1.46. The molecule has 0 aliphatic heterocycles. The van der Waals surface area contributed by atoms with E-state index in [-0.39, 0.29) is 5.02 Å². The van der Waals surface area contributed by atoms with Crippen LogP contribution in [0, 0.1) is 6.92 Å². The van der Waals surface area contributed by atoms with Gasteiger partial charge in [0.2, 0.25) is 0 Å². The van der Waals surface area contributed by atoms with E-state index in [0.29, 0.717) is 22.6 Å². The number of rotatable bonds is 4. The van der Waals surface area contributed by atoms with Gasteiger partial charge in [-0.05, 0) is 13.0 Å². The first-order valence-electron chi connectivity index (χ1n) is 5.14. The smallest absolute Gasteiger partial charge is 0.339 e. The Balaban J connectivity index is 3.39. The van der Waals surface area contributed by atoms with E-state index in [4.69, 9.17) is 21.1 Å². The molecule has 1 atom stereocenters. The molecular formula is C12H15ClO5. The molecule has 0 spiro atoms. The zero-order valence-electron chi connectivity index (χ0n) is 10.6. The van der Waals surface area contributed by atoms with Crippen LogP contribution in [0.4, 0.5) is 0 Å². The molecule has 0 aromatic heterocycles. The number of hydrogen-bond acceptors (Lipinski definition) is 5. The number of methoxy groups -OCH3 is 3. The van der Waals surface area contributed by atoms with Crippen molar-refractivity contribution in [1.82, 2.24) is 0 Å². The molecule has 0 fully saturated rings. The number of esters is 1. The van der Waals surface area contributed by atoms with Crippen LogP contribution in [0.3, 0.4) is 0 Å². The lowest BCUT2D eigenvalue weighted by Crippen LogP contribution is -2.15. The van der Waals surface area contributed by atoms with Gasteiger partial charge in [0.05, 0.1) is 26.4 Å². The summed E-state index contributed by atoms with van der Waals surface area (Å²) >= 11 is 6.01. The third-order valence-electron chi connectivity index (χ3n) is 2.61. The zero-order chi connectivity index (χ0) is 13.9. The molecule has 1 aromatic rings. The summed E-state index contributed by atoms with van der Waals surface area (Å²) in [6, 6.07) is 1.46. The predicted octanol–water partition coefficient (Wildman–Crippen LogP) is 1.87. The molecule has 0 saturated heterocycles. The molecule has 0 amide bonds. The fraction of sp³-hybridized carbons (Fsp3) is 0.417. The van der Waals surface area contributed by atoms with Crippen molar-refractivity contribution in [2.75, 3.05) is 21.3 Å². The van der Waals surface area contributed by atoms with Crippen molar-refractivity contribution in [2.45, 2.75) is 13.0 Å². The summed E-state index contributed by atoms with van der Waals surface area (Å²) in [5, 5.41) is 10.1. The highest BCUT2D eigenvalue weighted by atomic mass is 35.5. The first-order valence-corrected chi connectivity index (χ1v) is 5.52. The highest BCUT2D eigenvalue weighted by Crippen LogP contribution is 2.41. The molecule has 0 radical (unpaired) electrons. The first kappa shape index (κ1) is 14.6. The van der Waals surface area contributed by atoms with Crippen LogP contribution < -0.4 is 9.47 Å². The van der Waals surface area contributed by atoms with Crippen molar-refractivity contribution < 1.29 is 24.1 Å². The zero-order valence-corrected chi connectivity index (χ0v) is 11.4. The van der Waals surface area contributed by atoms with Crippen LogP contribution in [-0.2, 0) is 9.53 Å². The van der Waals surface area contributed by atoms with Gasteiger partial charge in [-0.1, -0.05) is 11.6 Å². The van der Waals surface area contributed by atoms with Crippen LogP contribution in [0.15, 0.2) is 6.07 Å². The highest BCUT2D eigenvalue weighted by molar-refractivity contribution is 6.32. The quantitative estimate of drug-likeness (QED) is 0.849. The van der Waals surface area contributed by atoms with Gasteiger partial charge in [-0.3, -0.25) is 0 Å². The molecule has 0 aliphatic carbocycles. The summed E-state index contributed by atoms with van der Waals surface area (Å²) in [5.41, 5.74) is 0.890. The van der Waals surface area contributed by atoms with Crippen LogP contribution in [0.25, 0.3) is 0 Å². The third-order valence-corrected chi connectivity index (χ3v) is 2.89. The maximum absolute atomic E-state index is 11.3. The van der Waals surface area contributed by atoms with Crippen molar-refractivity contribution in [1.29, 1.82) is 0 Å². The van der Waals surface area contributed by atoms with Gasteiger partial charge in [-0.25, -0.2) is 4.79 Å². The minimum atomic E-state index is -1.41. The Bertz CT molecular complexity index is 458. The van der Waals surface area contributed by atoms with Gasteiger partial charge in [0.15, 0.2) is 17.6 Å². The number of aliphatic hydroxyl groups excluding tert-OH is 1. The summed E-state index contributed by atoms with van der Waals surface area (Å²) in [6.07, 6.45) is -1.41. The van der Waals surface area contributed by atoms with Crippen molar-refractivity contribution in [3.05, 3.63) is 22.2 Å². The van der Waals surface area contributed by atoms with Crippen LogP contribution in [-0.4, -0.2) is 32.4 Å². The van der Waals surface area contributed by atoms with Crippen LogP contribution in [0.2, 0.25) is 5.02 Å². The number of benzene rings is 1. The highest BCUT2D eigenvalue weighted by Gasteiger charge is 2.25. The maximum atomic E-state index is 11.3. The second-order valence-electron chi connectivity index (χ2n) is 3.56. The van der Waals surface area contributed by atoms with Crippen LogP contribution in [0.1, 0.15) is 17.2 Å². The van der Waals surface area contributed by atoms with Crippen molar-refractivity contribution >= 4 is 17.6 Å². The second kappa shape index (κ2) is 5.93. The minimum Gasteiger partial charge on any atom is -0.493 e. The molecule has 18 heavy (non-hydrogen) atoms. The van der Waals surface area contributed by atoms with E-state index < -0.39 is 12.1 Å². The molecule has 6 heteroatoms. The fourth-order valence-corrected chi connectivity index (χ4v) is 1.96. The van der Waals surface area contributed by atoms with Gasteiger partial charge in [-0.15, -0.1) is 0 Å². The number of hydrogen-bond donors (Lipinski definition) is 1. The van der Waals surface area contributed by atoms with Crippen LogP contribution >= 0.6 is 11.6 Å². The average molecular weight is 275 g/mol. The van der Waals surface area contributed by atoms with Gasteiger partial charge in [-0.2, -0.15) is 0 Å². The molecule has 1 aromatic carbocycles. The van der Waals surface area contributed by atoms with Crippen molar-refractivity contribution in [2.24, 2.45) is 0 Å². The number of carbonyl (C=O) groups is 1. The van der Waals surface area contributed by atoms with E-state index in [1.54, 1.807) is 6.92 Å². The molecule has 0 aliphatic rings. The standard InChI is InChI=1S/C12H15ClO5/c1-6-7(9(14)12(15)18-4)5-8(13)11(17-3)10(6)16-2/h5,9,14H,1-4H3. The first-order chi connectivity index (χ1) is 8.47. The normalized spacial score (nSPS) is 11.9. The summed E-state index contributed by atoms with van der Waals surface area (Å²) in [4.78, 5) is 11.3. The SMILES string of the molecule is COC(=O)C(O)c1cc(Cl)c(OC)c(OC)c1C. The molecule has 0 bridgehead atoms. The Morgan fingerprint density at radius 3 is 2.28 bits per heavy atom. The average Bonchev–Trinajstić information content (AvgIpc) is 2.38. The largest absolute Gasteiger partial charge is 0.493 e. The molecule has 0 heterocycles. The van der Waals surface area contributed by atoms with Gasteiger partial charge in [0, 0.05) is 11.1 Å². The molecule has 100 valence electrons. The molecule has 1 rings (SSSR count). The van der Waals surface area contributed by atoms with E-state index in [9.17, 15) is 9.90 Å². The van der Waals surface area contributed by atoms with Gasteiger partial charge in [0.1, 0.15) is 0 Å². The number of halogens is 1. The lowest BCUT2D eigenvalue weighted by atomic mass is 10.0. The lowest BCUT2D eigenvalue weighted by molar-refractivity contribution is -0.150. The van der Waals surface area contributed by atoms with E-state index in [0.717, 1.165) is 0 Å². The number of carbonyl (C=O) groups excluding carboxylic acids is 1. The van der Waals surface area contributed by atoms with E-state index in [1.807, 2.05) is 0 Å². The Morgan fingerprint density at radius 1 is 1.28 bits per heavy atom.